The van der Waals surface area contributed by atoms with Crippen LogP contribution in [0.5, 0.6) is 0 Å². The van der Waals surface area contributed by atoms with E-state index in [1.807, 2.05) is 18.2 Å². The maximum atomic E-state index is 12.1. The Morgan fingerprint density at radius 3 is 2.88 bits per heavy atom. The number of carbonyl (C=O) groups is 2. The number of likely N-dealkylation sites (tertiary alicyclic amines) is 1. The van der Waals surface area contributed by atoms with Gasteiger partial charge in [-0.25, -0.2) is 4.98 Å². The van der Waals surface area contributed by atoms with Crippen molar-refractivity contribution in [3.8, 4) is 0 Å². The van der Waals surface area contributed by atoms with Crippen LogP contribution in [0.2, 0.25) is 5.02 Å². The highest BCUT2D eigenvalue weighted by atomic mass is 35.5. The molecule has 0 radical (unpaired) electrons. The van der Waals surface area contributed by atoms with Crippen LogP contribution in [0.25, 0.3) is 10.2 Å². The van der Waals surface area contributed by atoms with Crippen molar-refractivity contribution < 1.29 is 9.59 Å². The normalized spacial score (nSPS) is 15.5. The second kappa shape index (κ2) is 7.32. The molecule has 0 bridgehead atoms. The standard InChI is InChI=1S/C17H18ClN3O2S/c1-2-15(22)19-10-16(23)21-7-5-11(6-8-21)17-20-13-9-12(18)3-4-14(13)24-17/h2-4,9,11H,1,5-8,10H2,(H,19,22). The summed E-state index contributed by atoms with van der Waals surface area (Å²) < 4.78 is 1.14. The summed E-state index contributed by atoms with van der Waals surface area (Å²) in [5.41, 5.74) is 0.938. The van der Waals surface area contributed by atoms with Crippen LogP contribution in [0.3, 0.4) is 0 Å². The monoisotopic (exact) mass is 363 g/mol. The maximum absolute atomic E-state index is 12.1. The molecule has 126 valence electrons. The number of thiazole rings is 1. The van der Waals surface area contributed by atoms with Crippen molar-refractivity contribution in [3.63, 3.8) is 0 Å². The van der Waals surface area contributed by atoms with Crippen LogP contribution in [-0.2, 0) is 9.59 Å². The molecule has 0 spiro atoms. The predicted molar refractivity (Wildman–Crippen MR) is 96.4 cm³/mol. The van der Waals surface area contributed by atoms with E-state index < -0.39 is 0 Å². The van der Waals surface area contributed by atoms with Gasteiger partial charge in [0.1, 0.15) is 0 Å². The minimum absolute atomic E-state index is 0.0230. The maximum Gasteiger partial charge on any atom is 0.243 e. The van der Waals surface area contributed by atoms with E-state index >= 15 is 0 Å². The Balaban J connectivity index is 1.58. The average Bonchev–Trinajstić information content (AvgIpc) is 3.02. The molecule has 3 rings (SSSR count). The number of rotatable bonds is 4. The lowest BCUT2D eigenvalue weighted by atomic mass is 9.97. The summed E-state index contributed by atoms with van der Waals surface area (Å²) in [5, 5.41) is 4.33. The molecule has 1 aromatic carbocycles. The summed E-state index contributed by atoms with van der Waals surface area (Å²) in [4.78, 5) is 29.7. The number of halogens is 1. The van der Waals surface area contributed by atoms with E-state index in [0.717, 1.165) is 28.1 Å². The van der Waals surface area contributed by atoms with Crippen LogP contribution in [0.4, 0.5) is 0 Å². The zero-order valence-electron chi connectivity index (χ0n) is 13.1. The second-order valence-electron chi connectivity index (χ2n) is 5.74. The van der Waals surface area contributed by atoms with E-state index in [9.17, 15) is 9.59 Å². The molecule has 0 atom stereocenters. The number of hydrogen-bond acceptors (Lipinski definition) is 4. The van der Waals surface area contributed by atoms with Gasteiger partial charge in [-0.2, -0.15) is 0 Å². The topological polar surface area (TPSA) is 62.3 Å². The molecule has 1 saturated heterocycles. The molecular formula is C17H18ClN3O2S. The highest BCUT2D eigenvalue weighted by Crippen LogP contribution is 2.34. The van der Waals surface area contributed by atoms with Crippen LogP contribution < -0.4 is 5.32 Å². The fraction of sp³-hybridized carbons (Fsp3) is 0.353. The first kappa shape index (κ1) is 16.9. The van der Waals surface area contributed by atoms with Gasteiger partial charge in [-0.3, -0.25) is 9.59 Å². The molecule has 0 aliphatic carbocycles. The highest BCUT2D eigenvalue weighted by molar-refractivity contribution is 7.18. The molecule has 24 heavy (non-hydrogen) atoms. The van der Waals surface area contributed by atoms with Crippen molar-refractivity contribution in [1.82, 2.24) is 15.2 Å². The fourth-order valence-electron chi connectivity index (χ4n) is 2.82. The SMILES string of the molecule is C=CC(=O)NCC(=O)N1CCC(c2nc3cc(Cl)ccc3s2)CC1. The van der Waals surface area contributed by atoms with Crippen LogP contribution >= 0.6 is 22.9 Å². The van der Waals surface area contributed by atoms with Gasteiger partial charge in [-0.1, -0.05) is 18.2 Å². The number of fused-ring (bicyclic) bond motifs is 1. The third-order valence-corrected chi connectivity index (χ3v) is 5.60. The molecule has 2 heterocycles. The van der Waals surface area contributed by atoms with Crippen molar-refractivity contribution in [2.75, 3.05) is 19.6 Å². The number of piperidine rings is 1. The van der Waals surface area contributed by atoms with Gasteiger partial charge >= 0.3 is 0 Å². The van der Waals surface area contributed by atoms with Crippen molar-refractivity contribution in [1.29, 1.82) is 0 Å². The molecule has 5 nitrogen and oxygen atoms in total. The quantitative estimate of drug-likeness (QED) is 0.849. The van der Waals surface area contributed by atoms with Gasteiger partial charge in [-0.05, 0) is 37.1 Å². The first-order valence-corrected chi connectivity index (χ1v) is 9.00. The van der Waals surface area contributed by atoms with Gasteiger partial charge in [0.2, 0.25) is 11.8 Å². The first-order chi connectivity index (χ1) is 11.6. The zero-order chi connectivity index (χ0) is 17.1. The molecule has 0 saturated carbocycles. The van der Waals surface area contributed by atoms with Crippen LogP contribution in [0, 0.1) is 0 Å². The summed E-state index contributed by atoms with van der Waals surface area (Å²) in [5.74, 6) is -0.0147. The Hall–Kier alpha value is -1.92. The predicted octanol–water partition coefficient (Wildman–Crippen LogP) is 2.96. The van der Waals surface area contributed by atoms with E-state index in [-0.39, 0.29) is 18.4 Å². The Labute approximate surface area is 149 Å². The summed E-state index contributed by atoms with van der Waals surface area (Å²) in [7, 11) is 0. The Morgan fingerprint density at radius 1 is 1.42 bits per heavy atom. The minimum Gasteiger partial charge on any atom is -0.343 e. The zero-order valence-corrected chi connectivity index (χ0v) is 14.7. The summed E-state index contributed by atoms with van der Waals surface area (Å²) in [6.07, 6.45) is 2.93. The van der Waals surface area contributed by atoms with E-state index in [0.29, 0.717) is 24.0 Å². The van der Waals surface area contributed by atoms with Gasteiger partial charge in [0.05, 0.1) is 21.8 Å². The minimum atomic E-state index is -0.327. The van der Waals surface area contributed by atoms with Crippen molar-refractivity contribution >= 4 is 45.0 Å². The number of benzene rings is 1. The lowest BCUT2D eigenvalue weighted by Gasteiger charge is -2.31. The van der Waals surface area contributed by atoms with Gasteiger partial charge in [0.25, 0.3) is 0 Å². The Kier molecular flexibility index (Phi) is 5.16. The molecule has 7 heteroatoms. The van der Waals surface area contributed by atoms with Gasteiger partial charge in [0.15, 0.2) is 0 Å². The van der Waals surface area contributed by atoms with E-state index in [2.05, 4.69) is 11.9 Å². The third kappa shape index (κ3) is 3.76. The van der Waals surface area contributed by atoms with E-state index in [1.54, 1.807) is 16.2 Å². The largest absolute Gasteiger partial charge is 0.343 e. The van der Waals surface area contributed by atoms with E-state index in [4.69, 9.17) is 16.6 Å². The van der Waals surface area contributed by atoms with Crippen LogP contribution in [-0.4, -0.2) is 41.3 Å². The number of carbonyl (C=O) groups excluding carboxylic acids is 2. The first-order valence-electron chi connectivity index (χ1n) is 7.81. The van der Waals surface area contributed by atoms with Crippen LogP contribution in [0.1, 0.15) is 23.8 Å². The molecule has 0 unspecified atom stereocenters. The Bertz CT molecular complexity index is 781. The number of nitrogens with zero attached hydrogens (tertiary/aromatic N) is 2. The van der Waals surface area contributed by atoms with Crippen molar-refractivity contribution in [2.45, 2.75) is 18.8 Å². The average molecular weight is 364 g/mol. The van der Waals surface area contributed by atoms with E-state index in [1.165, 1.54) is 6.08 Å². The highest BCUT2D eigenvalue weighted by Gasteiger charge is 2.25. The summed E-state index contributed by atoms with van der Waals surface area (Å²) in [6, 6.07) is 5.77. The molecule has 2 amide bonds. The molecule has 1 aliphatic rings. The van der Waals surface area contributed by atoms with Gasteiger partial charge < -0.3 is 10.2 Å². The number of aromatic nitrogens is 1. The Morgan fingerprint density at radius 2 is 2.17 bits per heavy atom. The molecular weight excluding hydrogens is 346 g/mol. The number of nitrogens with one attached hydrogen (secondary N) is 1. The lowest BCUT2D eigenvalue weighted by molar-refractivity contribution is -0.133. The van der Waals surface area contributed by atoms with Crippen LogP contribution in [0.15, 0.2) is 30.9 Å². The molecule has 1 N–H and O–H groups in total. The third-order valence-electron chi connectivity index (χ3n) is 4.16. The van der Waals surface area contributed by atoms with Gasteiger partial charge in [0, 0.05) is 24.0 Å². The molecule has 2 aromatic rings. The molecule has 1 aromatic heterocycles. The lowest BCUT2D eigenvalue weighted by Crippen LogP contribution is -2.43. The summed E-state index contributed by atoms with van der Waals surface area (Å²) in [6.45, 7) is 4.76. The molecule has 1 aliphatic heterocycles. The van der Waals surface area contributed by atoms with Crippen molar-refractivity contribution in [3.05, 3.63) is 40.9 Å². The molecule has 1 fully saturated rings. The van der Waals surface area contributed by atoms with Gasteiger partial charge in [-0.15, -0.1) is 11.3 Å². The summed E-state index contributed by atoms with van der Waals surface area (Å²) >= 11 is 7.71. The fourth-order valence-corrected chi connectivity index (χ4v) is 4.10. The van der Waals surface area contributed by atoms with Crippen molar-refractivity contribution in [2.24, 2.45) is 0 Å². The number of hydrogen-bond donors (Lipinski definition) is 1. The smallest absolute Gasteiger partial charge is 0.243 e. The second-order valence-corrected chi connectivity index (χ2v) is 7.24. The number of amides is 2.